The first-order valence-corrected chi connectivity index (χ1v) is 11.5. The van der Waals surface area contributed by atoms with E-state index in [1.165, 1.54) is 76.3 Å². The Kier molecular flexibility index (Phi) is 8.31. The Hall–Kier alpha value is -1.89. The van der Waals surface area contributed by atoms with Crippen LogP contribution in [0.4, 0.5) is 13.2 Å². The van der Waals surface area contributed by atoms with Gasteiger partial charge < -0.3 is 4.74 Å². The van der Waals surface area contributed by atoms with E-state index >= 15 is 0 Å². The SMILES string of the molecule is CCC[C@H]1CC[C@H]([C@H]2CC[C@H](C=CC#Cc3ccc(OC(F)(F)F)cc3)CC2)CC1. The number of hydrogen-bond acceptors (Lipinski definition) is 1. The van der Waals surface area contributed by atoms with Crippen molar-refractivity contribution in [3.8, 4) is 17.6 Å². The van der Waals surface area contributed by atoms with Crippen LogP contribution in [0.15, 0.2) is 36.4 Å². The second kappa shape index (κ2) is 10.9. The van der Waals surface area contributed by atoms with Gasteiger partial charge in [0, 0.05) is 5.56 Å². The van der Waals surface area contributed by atoms with Crippen LogP contribution in [0.5, 0.6) is 5.75 Å². The lowest BCUT2D eigenvalue weighted by Gasteiger charge is -2.37. The minimum absolute atomic E-state index is 0.223. The Balaban J connectivity index is 1.39. The van der Waals surface area contributed by atoms with Crippen molar-refractivity contribution in [1.29, 1.82) is 0 Å². The molecular weight excluding hydrogens is 385 g/mol. The first-order chi connectivity index (χ1) is 14.4. The van der Waals surface area contributed by atoms with Gasteiger partial charge in [-0.1, -0.05) is 50.5 Å². The summed E-state index contributed by atoms with van der Waals surface area (Å²) in [6.07, 6.45) is 13.1. The molecule has 1 nitrogen and oxygen atoms in total. The molecule has 0 atom stereocenters. The molecule has 0 bridgehead atoms. The normalized spacial score (nSPS) is 27.5. The molecule has 1 aromatic rings. The lowest BCUT2D eigenvalue weighted by Crippen LogP contribution is -2.25. The van der Waals surface area contributed by atoms with Crippen molar-refractivity contribution in [2.45, 2.75) is 77.5 Å². The quantitative estimate of drug-likeness (QED) is 0.442. The summed E-state index contributed by atoms with van der Waals surface area (Å²) in [4.78, 5) is 0. The predicted octanol–water partition coefficient (Wildman–Crippen LogP) is 7.91. The summed E-state index contributed by atoms with van der Waals surface area (Å²) in [7, 11) is 0. The minimum atomic E-state index is -4.66. The highest BCUT2D eigenvalue weighted by molar-refractivity contribution is 5.40. The van der Waals surface area contributed by atoms with Crippen LogP contribution < -0.4 is 4.74 Å². The zero-order valence-corrected chi connectivity index (χ0v) is 17.9. The van der Waals surface area contributed by atoms with Gasteiger partial charge in [-0.2, -0.15) is 0 Å². The van der Waals surface area contributed by atoms with Crippen LogP contribution in [0.2, 0.25) is 0 Å². The van der Waals surface area contributed by atoms with E-state index in [1.54, 1.807) is 12.1 Å². The number of hydrogen-bond donors (Lipinski definition) is 0. The van der Waals surface area contributed by atoms with E-state index < -0.39 is 6.36 Å². The molecule has 1 aromatic carbocycles. The molecule has 2 aliphatic carbocycles. The molecule has 30 heavy (non-hydrogen) atoms. The average molecular weight is 419 g/mol. The van der Waals surface area contributed by atoms with Crippen molar-refractivity contribution in [3.63, 3.8) is 0 Å². The molecule has 2 aliphatic rings. The number of rotatable bonds is 5. The van der Waals surface area contributed by atoms with Crippen molar-refractivity contribution in [2.24, 2.45) is 23.7 Å². The van der Waals surface area contributed by atoms with E-state index in [1.807, 2.05) is 6.08 Å². The Morgan fingerprint density at radius 3 is 2.10 bits per heavy atom. The highest BCUT2D eigenvalue weighted by atomic mass is 19.4. The molecule has 0 saturated heterocycles. The van der Waals surface area contributed by atoms with Crippen molar-refractivity contribution in [2.75, 3.05) is 0 Å². The molecule has 0 aliphatic heterocycles. The summed E-state index contributed by atoms with van der Waals surface area (Å²) in [5.74, 6) is 9.23. The summed E-state index contributed by atoms with van der Waals surface area (Å²) in [6.45, 7) is 2.30. The molecular formula is C26H33F3O. The average Bonchev–Trinajstić information content (AvgIpc) is 2.73. The lowest BCUT2D eigenvalue weighted by molar-refractivity contribution is -0.274. The van der Waals surface area contributed by atoms with Crippen LogP contribution in [0.3, 0.4) is 0 Å². The third-order valence-corrected chi connectivity index (χ3v) is 6.83. The van der Waals surface area contributed by atoms with E-state index in [4.69, 9.17) is 0 Å². The van der Waals surface area contributed by atoms with Crippen molar-refractivity contribution < 1.29 is 17.9 Å². The maximum atomic E-state index is 12.2. The van der Waals surface area contributed by atoms with E-state index in [9.17, 15) is 13.2 Å². The second-order valence-corrected chi connectivity index (χ2v) is 8.94. The molecule has 0 unspecified atom stereocenters. The Labute approximate surface area is 179 Å². The van der Waals surface area contributed by atoms with Crippen LogP contribution in [0.1, 0.15) is 76.7 Å². The molecule has 3 rings (SSSR count). The van der Waals surface area contributed by atoms with Gasteiger partial charge >= 0.3 is 6.36 Å². The third kappa shape index (κ3) is 7.42. The van der Waals surface area contributed by atoms with Gasteiger partial charge in [0.1, 0.15) is 5.75 Å². The fraction of sp³-hybridized carbons (Fsp3) is 0.615. The third-order valence-electron chi connectivity index (χ3n) is 6.83. The Morgan fingerprint density at radius 2 is 1.53 bits per heavy atom. The van der Waals surface area contributed by atoms with E-state index in [0.717, 1.165) is 17.8 Å². The van der Waals surface area contributed by atoms with Crippen LogP contribution in [0, 0.1) is 35.5 Å². The monoisotopic (exact) mass is 418 g/mol. The molecule has 2 fully saturated rings. The predicted molar refractivity (Wildman–Crippen MR) is 115 cm³/mol. The molecule has 0 amide bonds. The van der Waals surface area contributed by atoms with Gasteiger partial charge in [0.25, 0.3) is 0 Å². The standard InChI is InChI=1S/C26H33F3O/c1-2-5-20-8-14-23(15-9-20)24-16-10-21(11-17-24)6-3-4-7-22-12-18-25(19-13-22)30-26(27,28)29/h3,6,12-13,18-21,23-24H,2,5,8-11,14-17H2,1H3/t20-,21-,23-,24-. The number of halogens is 3. The zero-order valence-electron chi connectivity index (χ0n) is 17.9. The molecule has 0 heterocycles. The van der Waals surface area contributed by atoms with Gasteiger partial charge in [-0.05, 0) is 92.5 Å². The fourth-order valence-corrected chi connectivity index (χ4v) is 5.21. The molecule has 0 aromatic heterocycles. The van der Waals surface area contributed by atoms with Crippen LogP contribution >= 0.6 is 0 Å². The maximum Gasteiger partial charge on any atom is 0.573 e. The smallest absolute Gasteiger partial charge is 0.406 e. The van der Waals surface area contributed by atoms with Crippen LogP contribution in [-0.4, -0.2) is 6.36 Å². The van der Waals surface area contributed by atoms with Gasteiger partial charge in [-0.15, -0.1) is 13.2 Å². The summed E-state index contributed by atoms with van der Waals surface area (Å²) in [5, 5.41) is 0. The van der Waals surface area contributed by atoms with Gasteiger partial charge in [-0.25, -0.2) is 0 Å². The van der Waals surface area contributed by atoms with Gasteiger partial charge in [0.2, 0.25) is 0 Å². The molecule has 0 spiro atoms. The minimum Gasteiger partial charge on any atom is -0.406 e. The first kappa shape index (κ1) is 22.8. The molecule has 0 N–H and O–H groups in total. The van der Waals surface area contributed by atoms with Crippen molar-refractivity contribution in [3.05, 3.63) is 42.0 Å². The summed E-state index contributed by atoms with van der Waals surface area (Å²) in [6, 6.07) is 5.67. The second-order valence-electron chi connectivity index (χ2n) is 8.94. The number of benzene rings is 1. The largest absolute Gasteiger partial charge is 0.573 e. The molecule has 2 saturated carbocycles. The maximum absolute atomic E-state index is 12.2. The summed E-state index contributed by atoms with van der Waals surface area (Å²) >= 11 is 0. The zero-order chi connectivity index (χ0) is 21.4. The fourth-order valence-electron chi connectivity index (χ4n) is 5.21. The van der Waals surface area contributed by atoms with Gasteiger partial charge in [0.05, 0.1) is 0 Å². The first-order valence-electron chi connectivity index (χ1n) is 11.5. The summed E-state index contributed by atoms with van der Waals surface area (Å²) in [5.41, 5.74) is 0.677. The van der Waals surface area contributed by atoms with Crippen LogP contribution in [-0.2, 0) is 0 Å². The van der Waals surface area contributed by atoms with E-state index in [0.29, 0.717) is 11.5 Å². The van der Waals surface area contributed by atoms with Gasteiger partial charge in [0.15, 0.2) is 0 Å². The molecule has 4 heteroatoms. The Morgan fingerprint density at radius 1 is 0.933 bits per heavy atom. The van der Waals surface area contributed by atoms with E-state index in [2.05, 4.69) is 29.6 Å². The molecule has 164 valence electrons. The van der Waals surface area contributed by atoms with Gasteiger partial charge in [-0.3, -0.25) is 0 Å². The highest BCUT2D eigenvalue weighted by Gasteiger charge is 2.31. The summed E-state index contributed by atoms with van der Waals surface area (Å²) < 4.78 is 40.4. The van der Waals surface area contributed by atoms with Crippen LogP contribution in [0.25, 0.3) is 0 Å². The Bertz CT molecular complexity index is 722. The highest BCUT2D eigenvalue weighted by Crippen LogP contribution is 2.42. The number of ether oxygens (including phenoxy) is 1. The number of allylic oxidation sites excluding steroid dienone is 2. The van der Waals surface area contributed by atoms with Crippen molar-refractivity contribution in [1.82, 2.24) is 0 Å². The number of alkyl halides is 3. The van der Waals surface area contributed by atoms with Crippen molar-refractivity contribution >= 4 is 0 Å². The topological polar surface area (TPSA) is 9.23 Å². The molecule has 0 radical (unpaired) electrons. The van der Waals surface area contributed by atoms with E-state index in [-0.39, 0.29) is 5.75 Å². The lowest BCUT2D eigenvalue weighted by atomic mass is 9.69.